The van der Waals surface area contributed by atoms with Gasteiger partial charge >= 0.3 is 5.69 Å². The first kappa shape index (κ1) is 27.7. The zero-order valence-corrected chi connectivity index (χ0v) is 23.5. The van der Waals surface area contributed by atoms with Crippen LogP contribution in [0.5, 0.6) is 0 Å². The number of aromatic amines is 1. The maximum absolute atomic E-state index is 15.2. The van der Waals surface area contributed by atoms with Crippen molar-refractivity contribution in [3.05, 3.63) is 76.6 Å². The molecule has 4 aromatic rings. The van der Waals surface area contributed by atoms with E-state index in [0.717, 1.165) is 57.2 Å². The molecule has 0 radical (unpaired) electrons. The minimum absolute atomic E-state index is 0.126. The van der Waals surface area contributed by atoms with E-state index in [0.29, 0.717) is 35.3 Å². The van der Waals surface area contributed by atoms with Crippen molar-refractivity contribution in [2.45, 2.75) is 49.2 Å². The second-order valence-corrected chi connectivity index (χ2v) is 12.7. The van der Waals surface area contributed by atoms with Crippen molar-refractivity contribution in [3.8, 4) is 16.9 Å². The molecule has 12 heteroatoms. The van der Waals surface area contributed by atoms with Crippen molar-refractivity contribution in [2.24, 2.45) is 5.73 Å². The predicted octanol–water partition coefficient (Wildman–Crippen LogP) is 2.47. The maximum atomic E-state index is 15.2. The van der Waals surface area contributed by atoms with Crippen LogP contribution in [0.2, 0.25) is 0 Å². The summed E-state index contributed by atoms with van der Waals surface area (Å²) >= 11 is 0. The van der Waals surface area contributed by atoms with Crippen molar-refractivity contribution in [1.29, 1.82) is 0 Å². The third kappa shape index (κ3) is 6.11. The SMILES string of the molecule is NC1CCN(Cc2ccc(-n3cc4cc(-c5ccc(S(=O)(=O)NC6CCNCC6)cc5F)[nH]c4nc3=O)cc2)CC1. The first-order chi connectivity index (χ1) is 19.7. The number of piperidine rings is 2. The van der Waals surface area contributed by atoms with E-state index in [1.54, 1.807) is 12.3 Å². The molecule has 2 saturated heterocycles. The maximum Gasteiger partial charge on any atom is 0.354 e. The molecule has 216 valence electrons. The number of H-pyrrole nitrogens is 1. The number of hydrogen-bond donors (Lipinski definition) is 4. The number of likely N-dealkylation sites (tertiary alicyclic amines) is 1. The fourth-order valence-corrected chi connectivity index (χ4v) is 6.88. The number of hydrogen-bond acceptors (Lipinski definition) is 7. The van der Waals surface area contributed by atoms with Crippen molar-refractivity contribution >= 4 is 21.1 Å². The molecule has 0 bridgehead atoms. The van der Waals surface area contributed by atoms with Crippen LogP contribution >= 0.6 is 0 Å². The quantitative estimate of drug-likeness (QED) is 0.264. The van der Waals surface area contributed by atoms with Gasteiger partial charge in [0.25, 0.3) is 0 Å². The van der Waals surface area contributed by atoms with Gasteiger partial charge in [-0.15, -0.1) is 0 Å². The lowest BCUT2D eigenvalue weighted by Crippen LogP contribution is -2.42. The summed E-state index contributed by atoms with van der Waals surface area (Å²) in [4.78, 5) is 22.3. The number of nitrogens with one attached hydrogen (secondary N) is 3. The van der Waals surface area contributed by atoms with Crippen LogP contribution < -0.4 is 21.5 Å². The Balaban J connectivity index is 1.21. The number of halogens is 1. The van der Waals surface area contributed by atoms with Crippen molar-refractivity contribution < 1.29 is 12.8 Å². The van der Waals surface area contributed by atoms with E-state index >= 15 is 4.39 Å². The van der Waals surface area contributed by atoms with E-state index in [4.69, 9.17) is 5.73 Å². The summed E-state index contributed by atoms with van der Waals surface area (Å²) in [5.41, 5.74) is 8.29. The fraction of sp³-hybridized carbons (Fsp3) is 0.379. The van der Waals surface area contributed by atoms with Crippen LogP contribution in [-0.4, -0.2) is 66.1 Å². The smallest absolute Gasteiger partial charge is 0.339 e. The monoisotopic (exact) mass is 579 g/mol. The Morgan fingerprint density at radius 1 is 1.02 bits per heavy atom. The van der Waals surface area contributed by atoms with Gasteiger partial charge < -0.3 is 16.0 Å². The second-order valence-electron chi connectivity index (χ2n) is 10.9. The third-order valence-electron chi connectivity index (χ3n) is 7.96. The molecular weight excluding hydrogens is 545 g/mol. The van der Waals surface area contributed by atoms with E-state index in [1.165, 1.54) is 16.7 Å². The molecule has 6 rings (SSSR count). The van der Waals surface area contributed by atoms with Crippen molar-refractivity contribution in [3.63, 3.8) is 0 Å². The van der Waals surface area contributed by atoms with Crippen LogP contribution in [0.4, 0.5) is 4.39 Å². The summed E-state index contributed by atoms with van der Waals surface area (Å²) in [6, 6.07) is 13.5. The Bertz CT molecular complexity index is 1700. The van der Waals surface area contributed by atoms with E-state index in [-0.39, 0.29) is 22.5 Å². The molecule has 0 atom stereocenters. The standard InChI is InChI=1S/C29H34FN7O3S/c30-26-16-24(41(39,40)35-22-7-11-32-12-8-22)5-6-25(26)27-15-20-18-37(29(38)34-28(20)33-27)23-3-1-19(2-4-23)17-36-13-9-21(31)10-14-36/h1-6,15-16,18,21-22,32,35H,7-14,17,31H2,(H,33,34,38). The average Bonchev–Trinajstić information content (AvgIpc) is 3.37. The first-order valence-corrected chi connectivity index (χ1v) is 15.5. The van der Waals surface area contributed by atoms with Crippen LogP contribution in [0.3, 0.4) is 0 Å². The zero-order chi connectivity index (χ0) is 28.6. The van der Waals surface area contributed by atoms with Crippen LogP contribution in [0.1, 0.15) is 31.2 Å². The normalized spacial score (nSPS) is 17.8. The van der Waals surface area contributed by atoms with Crippen molar-refractivity contribution in [2.75, 3.05) is 26.2 Å². The largest absolute Gasteiger partial charge is 0.354 e. The summed E-state index contributed by atoms with van der Waals surface area (Å²) in [7, 11) is -3.85. The van der Waals surface area contributed by atoms with E-state index in [2.05, 4.69) is 24.9 Å². The Kier molecular flexibility index (Phi) is 7.75. The highest BCUT2D eigenvalue weighted by molar-refractivity contribution is 7.89. The second kappa shape index (κ2) is 11.5. The Hall–Kier alpha value is -3.42. The molecule has 2 aliphatic heterocycles. The lowest BCUT2D eigenvalue weighted by molar-refractivity contribution is 0.205. The minimum Gasteiger partial charge on any atom is -0.339 e. The number of benzene rings is 2. The van der Waals surface area contributed by atoms with Gasteiger partial charge in [0.1, 0.15) is 11.5 Å². The van der Waals surface area contributed by atoms with Gasteiger partial charge in [0.05, 0.1) is 16.3 Å². The Morgan fingerprint density at radius 2 is 1.76 bits per heavy atom. The summed E-state index contributed by atoms with van der Waals surface area (Å²) in [5, 5.41) is 3.81. The first-order valence-electron chi connectivity index (χ1n) is 14.0. The van der Waals surface area contributed by atoms with Crippen LogP contribution in [-0.2, 0) is 16.6 Å². The van der Waals surface area contributed by atoms with Crippen LogP contribution in [0, 0.1) is 5.82 Å². The van der Waals surface area contributed by atoms with Crippen LogP contribution in [0.25, 0.3) is 28.0 Å². The van der Waals surface area contributed by atoms with Gasteiger partial charge in [0, 0.05) is 35.8 Å². The van der Waals surface area contributed by atoms with Gasteiger partial charge in [0.2, 0.25) is 10.0 Å². The highest BCUT2D eigenvalue weighted by atomic mass is 32.2. The Labute approximate surface area is 237 Å². The van der Waals surface area contributed by atoms with Gasteiger partial charge in [-0.2, -0.15) is 4.98 Å². The molecule has 0 amide bonds. The molecular formula is C29H34FN7O3S. The van der Waals surface area contributed by atoms with Gasteiger partial charge in [-0.25, -0.2) is 22.3 Å². The highest BCUT2D eigenvalue weighted by Gasteiger charge is 2.23. The summed E-state index contributed by atoms with van der Waals surface area (Å²) < 4.78 is 45.0. The van der Waals surface area contributed by atoms with Crippen molar-refractivity contribution in [1.82, 2.24) is 29.5 Å². The molecule has 4 heterocycles. The number of fused-ring (bicyclic) bond motifs is 1. The van der Waals surface area contributed by atoms with Gasteiger partial charge in [0.15, 0.2) is 0 Å². The van der Waals surface area contributed by atoms with E-state index in [9.17, 15) is 13.2 Å². The summed E-state index contributed by atoms with van der Waals surface area (Å²) in [6.45, 7) is 4.26. The number of sulfonamides is 1. The predicted molar refractivity (Wildman–Crippen MR) is 156 cm³/mol. The van der Waals surface area contributed by atoms with E-state index < -0.39 is 21.5 Å². The van der Waals surface area contributed by atoms with Gasteiger partial charge in [-0.1, -0.05) is 12.1 Å². The van der Waals surface area contributed by atoms with E-state index in [1.807, 2.05) is 24.3 Å². The summed E-state index contributed by atoms with van der Waals surface area (Å²) in [5.74, 6) is -0.689. The van der Waals surface area contributed by atoms with Crippen LogP contribution in [0.15, 0.2) is 64.4 Å². The molecule has 2 aromatic carbocycles. The third-order valence-corrected chi connectivity index (χ3v) is 9.48. The van der Waals surface area contributed by atoms with Gasteiger partial charge in [-0.3, -0.25) is 9.47 Å². The molecule has 5 N–H and O–H groups in total. The average molecular weight is 580 g/mol. The lowest BCUT2D eigenvalue weighted by atomic mass is 10.1. The molecule has 0 unspecified atom stereocenters. The van der Waals surface area contributed by atoms with Gasteiger partial charge in [-0.05, 0) is 93.8 Å². The molecule has 2 aromatic heterocycles. The molecule has 2 fully saturated rings. The Morgan fingerprint density at radius 3 is 2.46 bits per heavy atom. The molecule has 0 saturated carbocycles. The fourth-order valence-electron chi connectivity index (χ4n) is 5.56. The highest BCUT2D eigenvalue weighted by Crippen LogP contribution is 2.27. The number of aromatic nitrogens is 3. The number of nitrogens with two attached hydrogens (primary N) is 1. The summed E-state index contributed by atoms with van der Waals surface area (Å²) in [6.07, 6.45) is 5.04. The minimum atomic E-state index is -3.85. The molecule has 0 aliphatic carbocycles. The lowest BCUT2D eigenvalue weighted by Gasteiger charge is -2.30. The molecule has 2 aliphatic rings. The topological polar surface area (TPSA) is 138 Å². The number of nitrogens with zero attached hydrogens (tertiary/aromatic N) is 3. The zero-order valence-electron chi connectivity index (χ0n) is 22.6. The molecule has 41 heavy (non-hydrogen) atoms. The molecule has 10 nitrogen and oxygen atoms in total. The number of rotatable bonds is 7. The molecule has 0 spiro atoms.